The summed E-state index contributed by atoms with van der Waals surface area (Å²) in [5.41, 5.74) is 8.07. The Balaban J connectivity index is 2.09. The average Bonchev–Trinajstić information content (AvgIpc) is 2.75. The molecule has 0 fully saturated rings. The number of carbonyl (C=O) groups is 1. The number of hydrogen-bond donors (Lipinski definition) is 2. The number of benzene rings is 1. The molecular formula is C13H13BrN2OS. The lowest BCUT2D eigenvalue weighted by atomic mass is 10.2. The van der Waals surface area contributed by atoms with Gasteiger partial charge in [0.15, 0.2) is 0 Å². The van der Waals surface area contributed by atoms with Crippen LogP contribution in [-0.4, -0.2) is 5.91 Å². The van der Waals surface area contributed by atoms with E-state index in [1.807, 2.05) is 18.4 Å². The maximum atomic E-state index is 12.0. The van der Waals surface area contributed by atoms with E-state index >= 15 is 0 Å². The topological polar surface area (TPSA) is 55.1 Å². The van der Waals surface area contributed by atoms with Crippen LogP contribution in [0.3, 0.4) is 0 Å². The van der Waals surface area contributed by atoms with Crippen LogP contribution >= 0.6 is 27.3 Å². The third-order valence-electron chi connectivity index (χ3n) is 2.65. The zero-order valence-electron chi connectivity index (χ0n) is 9.87. The minimum atomic E-state index is -0.123. The normalized spacial score (nSPS) is 10.3. The van der Waals surface area contributed by atoms with Crippen LogP contribution in [0, 0.1) is 6.92 Å². The molecule has 1 aromatic carbocycles. The van der Waals surface area contributed by atoms with Crippen molar-refractivity contribution >= 4 is 38.9 Å². The van der Waals surface area contributed by atoms with Crippen molar-refractivity contribution < 1.29 is 4.79 Å². The highest BCUT2D eigenvalue weighted by atomic mass is 79.9. The Morgan fingerprint density at radius 1 is 1.44 bits per heavy atom. The van der Waals surface area contributed by atoms with Crippen LogP contribution in [0.2, 0.25) is 0 Å². The molecule has 5 heteroatoms. The molecule has 0 radical (unpaired) electrons. The minimum absolute atomic E-state index is 0.123. The summed E-state index contributed by atoms with van der Waals surface area (Å²) < 4.78 is 0.644. The fourth-order valence-corrected chi connectivity index (χ4v) is 2.86. The SMILES string of the molecule is Cc1ccsc1CNC(=O)c1cccc(N)c1Br. The van der Waals surface area contributed by atoms with Gasteiger partial charge in [-0.2, -0.15) is 0 Å². The van der Waals surface area contributed by atoms with E-state index in [-0.39, 0.29) is 5.91 Å². The summed E-state index contributed by atoms with van der Waals surface area (Å²) >= 11 is 4.97. The fourth-order valence-electron chi connectivity index (χ4n) is 1.57. The molecule has 0 aliphatic rings. The second kappa shape index (κ2) is 5.54. The summed E-state index contributed by atoms with van der Waals surface area (Å²) in [6, 6.07) is 7.31. The minimum Gasteiger partial charge on any atom is -0.398 e. The predicted octanol–water partition coefficient (Wildman–Crippen LogP) is 3.33. The molecule has 1 heterocycles. The number of anilines is 1. The van der Waals surface area contributed by atoms with Crippen molar-refractivity contribution in [2.45, 2.75) is 13.5 Å². The van der Waals surface area contributed by atoms with Gasteiger partial charge in [-0.3, -0.25) is 4.79 Å². The molecule has 0 unspecified atom stereocenters. The molecule has 0 aliphatic carbocycles. The van der Waals surface area contributed by atoms with Gasteiger partial charge in [-0.1, -0.05) is 6.07 Å². The summed E-state index contributed by atoms with van der Waals surface area (Å²) in [4.78, 5) is 13.2. The van der Waals surface area contributed by atoms with Crippen LogP contribution in [-0.2, 0) is 6.54 Å². The van der Waals surface area contributed by atoms with Crippen molar-refractivity contribution in [1.82, 2.24) is 5.32 Å². The van der Waals surface area contributed by atoms with Gasteiger partial charge in [-0.25, -0.2) is 0 Å². The number of halogens is 1. The maximum absolute atomic E-state index is 12.0. The van der Waals surface area contributed by atoms with Gasteiger partial charge in [-0.05, 0) is 52.0 Å². The molecule has 0 saturated carbocycles. The lowest BCUT2D eigenvalue weighted by molar-refractivity contribution is 0.0950. The summed E-state index contributed by atoms with van der Waals surface area (Å²) in [5.74, 6) is -0.123. The fraction of sp³-hybridized carbons (Fsp3) is 0.154. The average molecular weight is 325 g/mol. The summed E-state index contributed by atoms with van der Waals surface area (Å²) in [5, 5.41) is 4.92. The molecule has 18 heavy (non-hydrogen) atoms. The van der Waals surface area contributed by atoms with E-state index in [0.717, 1.165) is 0 Å². The van der Waals surface area contributed by atoms with Gasteiger partial charge < -0.3 is 11.1 Å². The second-order valence-electron chi connectivity index (χ2n) is 3.92. The Hall–Kier alpha value is -1.33. The quantitative estimate of drug-likeness (QED) is 0.851. The van der Waals surface area contributed by atoms with E-state index in [1.165, 1.54) is 10.4 Å². The molecule has 94 valence electrons. The number of rotatable bonds is 3. The molecule has 0 aliphatic heterocycles. The van der Waals surface area contributed by atoms with E-state index in [0.29, 0.717) is 22.3 Å². The van der Waals surface area contributed by atoms with Gasteiger partial charge >= 0.3 is 0 Å². The van der Waals surface area contributed by atoms with Crippen LogP contribution in [0.5, 0.6) is 0 Å². The van der Waals surface area contributed by atoms with Gasteiger partial charge in [0.2, 0.25) is 0 Å². The summed E-state index contributed by atoms with van der Waals surface area (Å²) in [6.45, 7) is 2.58. The number of hydrogen-bond acceptors (Lipinski definition) is 3. The lowest BCUT2D eigenvalue weighted by Crippen LogP contribution is -2.23. The summed E-state index contributed by atoms with van der Waals surface area (Å²) in [6.07, 6.45) is 0. The van der Waals surface area contributed by atoms with Crippen LogP contribution in [0.4, 0.5) is 5.69 Å². The highest BCUT2D eigenvalue weighted by molar-refractivity contribution is 9.10. The Morgan fingerprint density at radius 3 is 2.89 bits per heavy atom. The van der Waals surface area contributed by atoms with E-state index in [9.17, 15) is 4.79 Å². The molecule has 1 aromatic heterocycles. The predicted molar refractivity (Wildman–Crippen MR) is 78.8 cm³/mol. The first-order valence-corrected chi connectivity index (χ1v) is 7.12. The Labute approximate surface area is 118 Å². The molecule has 3 N–H and O–H groups in total. The van der Waals surface area contributed by atoms with Crippen molar-refractivity contribution in [2.24, 2.45) is 0 Å². The number of nitrogens with one attached hydrogen (secondary N) is 1. The molecule has 2 rings (SSSR count). The Kier molecular flexibility index (Phi) is 4.04. The zero-order valence-corrected chi connectivity index (χ0v) is 12.3. The molecule has 0 saturated heterocycles. The molecule has 0 bridgehead atoms. The van der Waals surface area contributed by atoms with Crippen molar-refractivity contribution in [3.05, 3.63) is 50.1 Å². The first kappa shape index (κ1) is 13.1. The van der Waals surface area contributed by atoms with E-state index in [1.54, 1.807) is 29.5 Å². The lowest BCUT2D eigenvalue weighted by Gasteiger charge is -2.08. The third kappa shape index (κ3) is 2.73. The third-order valence-corrected chi connectivity index (χ3v) is 4.56. The number of thiophene rings is 1. The molecule has 0 spiro atoms. The smallest absolute Gasteiger partial charge is 0.252 e. The van der Waals surface area contributed by atoms with Crippen molar-refractivity contribution in [1.29, 1.82) is 0 Å². The molecule has 3 nitrogen and oxygen atoms in total. The van der Waals surface area contributed by atoms with Crippen LogP contribution in [0.1, 0.15) is 20.8 Å². The van der Waals surface area contributed by atoms with E-state index in [2.05, 4.69) is 21.2 Å². The first-order chi connectivity index (χ1) is 8.59. The molecular weight excluding hydrogens is 312 g/mol. The number of nitrogens with two attached hydrogens (primary N) is 1. The van der Waals surface area contributed by atoms with Gasteiger partial charge in [0.25, 0.3) is 5.91 Å². The van der Waals surface area contributed by atoms with Gasteiger partial charge in [0.05, 0.1) is 16.6 Å². The van der Waals surface area contributed by atoms with Crippen LogP contribution < -0.4 is 11.1 Å². The standard InChI is InChI=1S/C13H13BrN2OS/c1-8-5-6-18-11(8)7-16-13(17)9-3-2-4-10(15)12(9)14/h2-6H,7,15H2,1H3,(H,16,17). The number of nitrogen functional groups attached to an aromatic ring is 1. The largest absolute Gasteiger partial charge is 0.398 e. The highest BCUT2D eigenvalue weighted by Gasteiger charge is 2.11. The molecule has 2 aromatic rings. The second-order valence-corrected chi connectivity index (χ2v) is 5.71. The van der Waals surface area contributed by atoms with Crippen molar-refractivity contribution in [3.8, 4) is 0 Å². The van der Waals surface area contributed by atoms with Crippen molar-refractivity contribution in [2.75, 3.05) is 5.73 Å². The first-order valence-electron chi connectivity index (χ1n) is 5.44. The molecule has 0 atom stereocenters. The van der Waals surface area contributed by atoms with E-state index < -0.39 is 0 Å². The van der Waals surface area contributed by atoms with Crippen LogP contribution in [0.15, 0.2) is 34.1 Å². The van der Waals surface area contributed by atoms with Crippen LogP contribution in [0.25, 0.3) is 0 Å². The Bertz CT molecular complexity index is 580. The number of carbonyl (C=O) groups excluding carboxylic acids is 1. The van der Waals surface area contributed by atoms with Gasteiger partial charge in [0.1, 0.15) is 0 Å². The van der Waals surface area contributed by atoms with Gasteiger partial charge in [-0.15, -0.1) is 11.3 Å². The number of amides is 1. The van der Waals surface area contributed by atoms with Crippen molar-refractivity contribution in [3.63, 3.8) is 0 Å². The van der Waals surface area contributed by atoms with E-state index in [4.69, 9.17) is 5.73 Å². The molecule has 1 amide bonds. The van der Waals surface area contributed by atoms with Gasteiger partial charge in [0, 0.05) is 10.6 Å². The number of aryl methyl sites for hydroxylation is 1. The maximum Gasteiger partial charge on any atom is 0.252 e. The Morgan fingerprint density at radius 2 is 2.22 bits per heavy atom. The highest BCUT2D eigenvalue weighted by Crippen LogP contribution is 2.24. The zero-order chi connectivity index (χ0) is 13.1. The monoisotopic (exact) mass is 324 g/mol. The summed E-state index contributed by atoms with van der Waals surface area (Å²) in [7, 11) is 0.